The van der Waals surface area contributed by atoms with Gasteiger partial charge in [-0.05, 0) is 30.5 Å². The molecule has 0 amide bonds. The predicted molar refractivity (Wildman–Crippen MR) is 63.3 cm³/mol. The molecule has 2 rings (SSSR count). The van der Waals surface area contributed by atoms with Crippen LogP contribution in [-0.2, 0) is 13.5 Å². The summed E-state index contributed by atoms with van der Waals surface area (Å²) < 4.78 is 2.02. The first-order chi connectivity index (χ1) is 7.22. The number of halogens is 1. The van der Waals surface area contributed by atoms with Crippen molar-refractivity contribution in [2.45, 2.75) is 12.8 Å². The third-order valence-electron chi connectivity index (χ3n) is 2.63. The zero-order valence-corrected chi connectivity index (χ0v) is 9.46. The van der Waals surface area contributed by atoms with Crippen LogP contribution in [0, 0.1) is 0 Å². The highest BCUT2D eigenvalue weighted by atomic mass is 35.5. The second-order valence-corrected chi connectivity index (χ2v) is 4.17. The standard InChI is InChI=1S/C12H14ClNO/c1-14-8-11(13)10-7-9(3-2-6-15)4-5-12(10)14/h4-5,7-8,15H,2-3,6H2,1H3. The minimum atomic E-state index is 0.237. The van der Waals surface area contributed by atoms with Gasteiger partial charge in [-0.15, -0.1) is 0 Å². The Morgan fingerprint density at radius 1 is 1.40 bits per heavy atom. The summed E-state index contributed by atoms with van der Waals surface area (Å²) in [6, 6.07) is 6.27. The lowest BCUT2D eigenvalue weighted by Gasteiger charge is -2.01. The maximum absolute atomic E-state index is 8.77. The van der Waals surface area contributed by atoms with Gasteiger partial charge in [0.15, 0.2) is 0 Å². The van der Waals surface area contributed by atoms with Crippen LogP contribution in [0.2, 0.25) is 5.02 Å². The van der Waals surface area contributed by atoms with Crippen molar-refractivity contribution in [2.24, 2.45) is 7.05 Å². The first-order valence-electron chi connectivity index (χ1n) is 5.06. The van der Waals surface area contributed by atoms with Crippen LogP contribution in [0.15, 0.2) is 24.4 Å². The molecule has 1 N–H and O–H groups in total. The van der Waals surface area contributed by atoms with Gasteiger partial charge in [-0.25, -0.2) is 0 Å². The van der Waals surface area contributed by atoms with E-state index in [1.165, 1.54) is 5.56 Å². The minimum Gasteiger partial charge on any atom is -0.396 e. The fraction of sp³-hybridized carbons (Fsp3) is 0.333. The summed E-state index contributed by atoms with van der Waals surface area (Å²) in [5.41, 5.74) is 2.37. The number of aliphatic hydroxyl groups excluding tert-OH is 1. The Labute approximate surface area is 94.1 Å². The molecular weight excluding hydrogens is 210 g/mol. The Bertz CT molecular complexity index is 476. The van der Waals surface area contributed by atoms with E-state index in [1.807, 2.05) is 17.8 Å². The number of hydrogen-bond acceptors (Lipinski definition) is 1. The van der Waals surface area contributed by atoms with Gasteiger partial charge in [-0.2, -0.15) is 0 Å². The van der Waals surface area contributed by atoms with Crippen LogP contribution in [0.1, 0.15) is 12.0 Å². The molecule has 0 unspecified atom stereocenters. The van der Waals surface area contributed by atoms with Crippen molar-refractivity contribution in [3.8, 4) is 0 Å². The molecule has 2 nitrogen and oxygen atoms in total. The van der Waals surface area contributed by atoms with Crippen molar-refractivity contribution in [1.29, 1.82) is 0 Å². The molecule has 0 aliphatic carbocycles. The quantitative estimate of drug-likeness (QED) is 0.851. The Morgan fingerprint density at radius 2 is 2.20 bits per heavy atom. The number of nitrogens with zero attached hydrogens (tertiary/aromatic N) is 1. The van der Waals surface area contributed by atoms with Crippen LogP contribution in [-0.4, -0.2) is 16.3 Å². The summed E-state index contributed by atoms with van der Waals surface area (Å²) in [5.74, 6) is 0. The van der Waals surface area contributed by atoms with Crippen molar-refractivity contribution in [3.63, 3.8) is 0 Å². The molecule has 0 saturated carbocycles. The van der Waals surface area contributed by atoms with Crippen LogP contribution in [0.3, 0.4) is 0 Å². The molecule has 0 aliphatic heterocycles. The molecule has 2 aromatic rings. The third kappa shape index (κ3) is 2.01. The molecule has 0 bridgehead atoms. The van der Waals surface area contributed by atoms with Crippen molar-refractivity contribution >= 4 is 22.5 Å². The zero-order valence-electron chi connectivity index (χ0n) is 8.70. The monoisotopic (exact) mass is 223 g/mol. The van der Waals surface area contributed by atoms with Gasteiger partial charge >= 0.3 is 0 Å². The molecule has 0 radical (unpaired) electrons. The summed E-state index contributed by atoms with van der Waals surface area (Å²) in [7, 11) is 1.99. The molecule has 0 atom stereocenters. The summed E-state index contributed by atoms with van der Waals surface area (Å²) in [6.45, 7) is 0.237. The Morgan fingerprint density at radius 3 is 2.93 bits per heavy atom. The highest BCUT2D eigenvalue weighted by Crippen LogP contribution is 2.26. The average molecular weight is 224 g/mol. The summed E-state index contributed by atoms with van der Waals surface area (Å²) in [4.78, 5) is 0. The molecule has 1 aromatic heterocycles. The zero-order chi connectivity index (χ0) is 10.8. The van der Waals surface area contributed by atoms with E-state index in [4.69, 9.17) is 16.7 Å². The number of aromatic nitrogens is 1. The molecule has 3 heteroatoms. The third-order valence-corrected chi connectivity index (χ3v) is 2.93. The highest BCUT2D eigenvalue weighted by molar-refractivity contribution is 6.35. The van der Waals surface area contributed by atoms with Crippen LogP contribution in [0.25, 0.3) is 10.9 Å². The average Bonchev–Trinajstić information content (AvgIpc) is 2.52. The van der Waals surface area contributed by atoms with Gasteiger partial charge in [0.25, 0.3) is 0 Å². The van der Waals surface area contributed by atoms with E-state index in [0.717, 1.165) is 28.8 Å². The number of rotatable bonds is 3. The molecule has 0 aliphatic rings. The van der Waals surface area contributed by atoms with Crippen LogP contribution < -0.4 is 0 Å². The van der Waals surface area contributed by atoms with E-state index in [2.05, 4.69) is 18.2 Å². The molecule has 15 heavy (non-hydrogen) atoms. The predicted octanol–water partition coefficient (Wildman–Crippen LogP) is 2.76. The summed E-state index contributed by atoms with van der Waals surface area (Å²) in [5, 5.41) is 10.7. The maximum atomic E-state index is 8.77. The number of aryl methyl sites for hydroxylation is 2. The molecule has 0 saturated heterocycles. The summed E-state index contributed by atoms with van der Waals surface area (Å²) in [6.07, 6.45) is 3.62. The first-order valence-corrected chi connectivity index (χ1v) is 5.44. The van der Waals surface area contributed by atoms with E-state index in [0.29, 0.717) is 0 Å². The SMILES string of the molecule is Cn1cc(Cl)c2cc(CCCO)ccc21. The van der Waals surface area contributed by atoms with Gasteiger partial charge < -0.3 is 9.67 Å². The molecule has 0 spiro atoms. The van der Waals surface area contributed by atoms with Crippen LogP contribution >= 0.6 is 11.6 Å². The van der Waals surface area contributed by atoms with E-state index < -0.39 is 0 Å². The van der Waals surface area contributed by atoms with Crippen molar-refractivity contribution in [2.75, 3.05) is 6.61 Å². The van der Waals surface area contributed by atoms with Gasteiger partial charge in [-0.1, -0.05) is 17.7 Å². The maximum Gasteiger partial charge on any atom is 0.0661 e. The van der Waals surface area contributed by atoms with Crippen molar-refractivity contribution in [3.05, 3.63) is 35.0 Å². The summed E-state index contributed by atoms with van der Waals surface area (Å²) >= 11 is 6.11. The Hall–Kier alpha value is -0.990. The smallest absolute Gasteiger partial charge is 0.0661 e. The van der Waals surface area contributed by atoms with Gasteiger partial charge in [0, 0.05) is 30.8 Å². The number of fused-ring (bicyclic) bond motifs is 1. The molecule has 0 fully saturated rings. The minimum absolute atomic E-state index is 0.237. The van der Waals surface area contributed by atoms with Gasteiger partial charge in [0.2, 0.25) is 0 Å². The molecule has 80 valence electrons. The number of benzene rings is 1. The number of aliphatic hydroxyl groups is 1. The Balaban J connectivity index is 2.41. The lowest BCUT2D eigenvalue weighted by atomic mass is 10.1. The van der Waals surface area contributed by atoms with E-state index in [9.17, 15) is 0 Å². The van der Waals surface area contributed by atoms with Gasteiger partial charge in [-0.3, -0.25) is 0 Å². The van der Waals surface area contributed by atoms with Gasteiger partial charge in [0.05, 0.1) is 5.02 Å². The fourth-order valence-electron chi connectivity index (χ4n) is 1.83. The van der Waals surface area contributed by atoms with E-state index in [1.54, 1.807) is 0 Å². The molecule has 1 heterocycles. The highest BCUT2D eigenvalue weighted by Gasteiger charge is 2.04. The lowest BCUT2D eigenvalue weighted by molar-refractivity contribution is 0.288. The lowest BCUT2D eigenvalue weighted by Crippen LogP contribution is -1.90. The van der Waals surface area contributed by atoms with Crippen molar-refractivity contribution < 1.29 is 5.11 Å². The second kappa shape index (κ2) is 4.25. The van der Waals surface area contributed by atoms with Gasteiger partial charge in [0.1, 0.15) is 0 Å². The van der Waals surface area contributed by atoms with Crippen LogP contribution in [0.4, 0.5) is 0 Å². The molecular formula is C12H14ClNO. The first kappa shape index (κ1) is 10.5. The normalized spacial score (nSPS) is 11.1. The van der Waals surface area contributed by atoms with Crippen LogP contribution in [0.5, 0.6) is 0 Å². The largest absolute Gasteiger partial charge is 0.396 e. The fourth-order valence-corrected chi connectivity index (χ4v) is 2.13. The molecule has 1 aromatic carbocycles. The Kier molecular flexibility index (Phi) is 2.98. The topological polar surface area (TPSA) is 25.2 Å². The van der Waals surface area contributed by atoms with Crippen molar-refractivity contribution in [1.82, 2.24) is 4.57 Å². The second-order valence-electron chi connectivity index (χ2n) is 3.77. The number of hydrogen-bond donors (Lipinski definition) is 1. The van der Waals surface area contributed by atoms with E-state index in [-0.39, 0.29) is 6.61 Å². The van der Waals surface area contributed by atoms with E-state index >= 15 is 0 Å².